The average molecular weight is 449 g/mol. The summed E-state index contributed by atoms with van der Waals surface area (Å²) in [6.07, 6.45) is 3.95. The van der Waals surface area contributed by atoms with Crippen LogP contribution in [0.1, 0.15) is 31.7 Å². The first-order chi connectivity index (χ1) is 16.8. The fourth-order valence-electron chi connectivity index (χ4n) is 5.54. The van der Waals surface area contributed by atoms with Gasteiger partial charge in [0.1, 0.15) is 0 Å². The van der Waals surface area contributed by atoms with E-state index in [4.69, 9.17) is 9.47 Å². The second-order valence-electron chi connectivity index (χ2n) is 9.32. The van der Waals surface area contributed by atoms with Gasteiger partial charge in [-0.1, -0.05) is 66.7 Å². The van der Waals surface area contributed by atoms with E-state index in [1.807, 2.05) is 0 Å². The molecule has 2 fully saturated rings. The average Bonchev–Trinajstić information content (AvgIpc) is 3.38. The molecule has 6 rings (SSSR count). The molecule has 2 aliphatic rings. The van der Waals surface area contributed by atoms with Gasteiger partial charge >= 0.3 is 0 Å². The molecule has 0 radical (unpaired) electrons. The molecule has 1 saturated carbocycles. The van der Waals surface area contributed by atoms with Crippen molar-refractivity contribution in [2.45, 2.75) is 37.5 Å². The molecule has 0 atom stereocenters. The molecule has 0 unspecified atom stereocenters. The van der Waals surface area contributed by atoms with Crippen molar-refractivity contribution >= 4 is 0 Å². The van der Waals surface area contributed by atoms with Crippen molar-refractivity contribution in [3.05, 3.63) is 103 Å². The monoisotopic (exact) mass is 448 g/mol. The van der Waals surface area contributed by atoms with E-state index in [0.717, 1.165) is 25.7 Å². The fraction of sp³-hybridized carbons (Fsp3) is 0.258. The number of hydrogen-bond acceptors (Lipinski definition) is 2. The number of aromatic nitrogens is 1. The Morgan fingerprint density at radius 3 is 1.47 bits per heavy atom. The van der Waals surface area contributed by atoms with Gasteiger partial charge in [-0.2, -0.15) is 4.57 Å². The SMILES string of the molecule is c1ccc(-c2cc(-c3ccccc3)[n+](C3CCC4(CC3)OCCO4)c(-c3ccccc3)c2)cc1. The van der Waals surface area contributed by atoms with Crippen LogP contribution in [0, 0.1) is 0 Å². The van der Waals surface area contributed by atoms with Crippen LogP contribution in [0.25, 0.3) is 33.6 Å². The third-order valence-electron chi connectivity index (χ3n) is 7.25. The number of benzene rings is 3. The maximum atomic E-state index is 6.04. The molecule has 4 aromatic rings. The Labute approximate surface area is 201 Å². The quantitative estimate of drug-likeness (QED) is 0.319. The third kappa shape index (κ3) is 4.06. The minimum absolute atomic E-state index is 0.360. The number of rotatable bonds is 4. The van der Waals surface area contributed by atoms with E-state index >= 15 is 0 Å². The van der Waals surface area contributed by atoms with E-state index in [1.54, 1.807) is 0 Å². The van der Waals surface area contributed by atoms with Gasteiger partial charge in [-0.25, -0.2) is 0 Å². The summed E-state index contributed by atoms with van der Waals surface area (Å²) in [5.74, 6) is -0.360. The van der Waals surface area contributed by atoms with Crippen molar-refractivity contribution in [1.82, 2.24) is 0 Å². The number of ether oxygens (including phenoxy) is 2. The van der Waals surface area contributed by atoms with E-state index < -0.39 is 0 Å². The highest BCUT2D eigenvalue weighted by molar-refractivity contribution is 5.73. The molecule has 3 aromatic carbocycles. The molecule has 1 aliphatic carbocycles. The Balaban J connectivity index is 1.53. The summed E-state index contributed by atoms with van der Waals surface area (Å²) in [6.45, 7) is 1.43. The lowest BCUT2D eigenvalue weighted by atomic mass is 9.88. The first-order valence-electron chi connectivity index (χ1n) is 12.4. The Kier molecular flexibility index (Phi) is 5.74. The standard InChI is InChI=1S/C31H30NO2/c1-4-10-24(11-5-1)27-22-29(25-12-6-2-7-13-25)32(30(23-27)26-14-8-3-9-15-26)28-16-18-31(19-17-28)33-20-21-34-31/h1-15,22-23,28H,16-21H2/q+1. The van der Waals surface area contributed by atoms with Crippen molar-refractivity contribution in [3.63, 3.8) is 0 Å². The molecule has 3 nitrogen and oxygen atoms in total. The third-order valence-corrected chi connectivity index (χ3v) is 7.25. The maximum absolute atomic E-state index is 6.04. The summed E-state index contributed by atoms with van der Waals surface area (Å²) < 4.78 is 14.7. The highest BCUT2D eigenvalue weighted by Gasteiger charge is 2.44. The van der Waals surface area contributed by atoms with Gasteiger partial charge in [0.2, 0.25) is 11.4 Å². The van der Waals surface area contributed by atoms with E-state index in [2.05, 4.69) is 108 Å². The molecule has 0 N–H and O–H groups in total. The lowest BCUT2D eigenvalue weighted by Gasteiger charge is -2.34. The van der Waals surface area contributed by atoms with Gasteiger partial charge in [0, 0.05) is 48.9 Å². The largest absolute Gasteiger partial charge is 0.348 e. The molecule has 3 heteroatoms. The van der Waals surface area contributed by atoms with E-state index in [0.29, 0.717) is 19.3 Å². The zero-order valence-corrected chi connectivity index (χ0v) is 19.4. The van der Waals surface area contributed by atoms with Crippen LogP contribution in [0.3, 0.4) is 0 Å². The van der Waals surface area contributed by atoms with Crippen LogP contribution in [0.15, 0.2) is 103 Å². The van der Waals surface area contributed by atoms with Crippen LogP contribution < -0.4 is 4.57 Å². The summed E-state index contributed by atoms with van der Waals surface area (Å²) in [5.41, 5.74) is 7.48. The Morgan fingerprint density at radius 1 is 0.559 bits per heavy atom. The smallest absolute Gasteiger partial charge is 0.213 e. The van der Waals surface area contributed by atoms with Gasteiger partial charge in [-0.05, 0) is 35.4 Å². The Hall–Kier alpha value is -3.27. The molecule has 1 aliphatic heterocycles. The van der Waals surface area contributed by atoms with Crippen LogP contribution in [-0.4, -0.2) is 19.0 Å². The van der Waals surface area contributed by atoms with Gasteiger partial charge in [0.25, 0.3) is 0 Å². The lowest BCUT2D eigenvalue weighted by Crippen LogP contribution is -2.48. The molecule has 2 heterocycles. The number of pyridine rings is 1. The van der Waals surface area contributed by atoms with Gasteiger partial charge in [0.05, 0.1) is 13.2 Å². The normalized spacial score (nSPS) is 17.8. The zero-order chi connectivity index (χ0) is 22.8. The Morgan fingerprint density at radius 2 is 1.00 bits per heavy atom. The van der Waals surface area contributed by atoms with Crippen LogP contribution in [-0.2, 0) is 9.47 Å². The molecule has 170 valence electrons. The molecular weight excluding hydrogens is 418 g/mol. The van der Waals surface area contributed by atoms with Gasteiger partial charge in [0.15, 0.2) is 11.8 Å². The molecule has 34 heavy (non-hydrogen) atoms. The van der Waals surface area contributed by atoms with E-state index in [-0.39, 0.29) is 5.79 Å². The topological polar surface area (TPSA) is 22.3 Å². The zero-order valence-electron chi connectivity index (χ0n) is 19.4. The van der Waals surface area contributed by atoms with Crippen molar-refractivity contribution in [2.24, 2.45) is 0 Å². The van der Waals surface area contributed by atoms with Gasteiger partial charge < -0.3 is 9.47 Å². The number of hydrogen-bond donors (Lipinski definition) is 0. The molecule has 1 saturated heterocycles. The fourth-order valence-corrected chi connectivity index (χ4v) is 5.54. The molecular formula is C31H30NO2+. The summed E-state index contributed by atoms with van der Waals surface area (Å²) in [6, 6.07) is 37.4. The van der Waals surface area contributed by atoms with Crippen LogP contribution in [0.4, 0.5) is 0 Å². The lowest BCUT2D eigenvalue weighted by molar-refractivity contribution is -0.706. The summed E-state index contributed by atoms with van der Waals surface area (Å²) in [5, 5.41) is 0. The maximum Gasteiger partial charge on any atom is 0.213 e. The minimum Gasteiger partial charge on any atom is -0.348 e. The van der Waals surface area contributed by atoms with Crippen molar-refractivity contribution in [2.75, 3.05) is 13.2 Å². The predicted molar refractivity (Wildman–Crippen MR) is 135 cm³/mol. The highest BCUT2D eigenvalue weighted by atomic mass is 16.7. The highest BCUT2D eigenvalue weighted by Crippen LogP contribution is 2.40. The first-order valence-corrected chi connectivity index (χ1v) is 12.4. The summed E-state index contributed by atoms with van der Waals surface area (Å²) in [4.78, 5) is 0. The van der Waals surface area contributed by atoms with Crippen molar-refractivity contribution in [3.8, 4) is 33.6 Å². The Bertz CT molecular complexity index is 1180. The summed E-state index contributed by atoms with van der Waals surface area (Å²) in [7, 11) is 0. The molecule has 0 amide bonds. The predicted octanol–water partition coefficient (Wildman–Crippen LogP) is 6.83. The minimum atomic E-state index is -0.360. The second-order valence-corrected chi connectivity index (χ2v) is 9.32. The van der Waals surface area contributed by atoms with Crippen LogP contribution >= 0.6 is 0 Å². The first kappa shape index (κ1) is 21.3. The van der Waals surface area contributed by atoms with Crippen molar-refractivity contribution < 1.29 is 14.0 Å². The van der Waals surface area contributed by atoms with Crippen LogP contribution in [0.5, 0.6) is 0 Å². The molecule has 0 bridgehead atoms. The number of nitrogens with zero attached hydrogens (tertiary/aromatic N) is 1. The van der Waals surface area contributed by atoms with E-state index in [9.17, 15) is 0 Å². The second kappa shape index (κ2) is 9.17. The van der Waals surface area contributed by atoms with Gasteiger partial charge in [-0.15, -0.1) is 0 Å². The van der Waals surface area contributed by atoms with Gasteiger partial charge in [-0.3, -0.25) is 0 Å². The van der Waals surface area contributed by atoms with Crippen molar-refractivity contribution in [1.29, 1.82) is 0 Å². The van der Waals surface area contributed by atoms with Crippen LogP contribution in [0.2, 0.25) is 0 Å². The molecule has 1 aromatic heterocycles. The van der Waals surface area contributed by atoms with E-state index in [1.165, 1.54) is 33.6 Å². The summed E-state index contributed by atoms with van der Waals surface area (Å²) >= 11 is 0. The molecule has 1 spiro atoms.